The van der Waals surface area contributed by atoms with Gasteiger partial charge in [-0.25, -0.2) is 16.8 Å². The van der Waals surface area contributed by atoms with Crippen LogP contribution in [0.2, 0.25) is 0 Å². The second-order valence-electron chi connectivity index (χ2n) is 7.54. The molecule has 8 nitrogen and oxygen atoms in total. The molecule has 1 fully saturated rings. The van der Waals surface area contributed by atoms with Gasteiger partial charge in [0.2, 0.25) is 15.9 Å². The van der Waals surface area contributed by atoms with Crippen molar-refractivity contribution < 1.29 is 26.4 Å². The summed E-state index contributed by atoms with van der Waals surface area (Å²) < 4.78 is 50.1. The van der Waals surface area contributed by atoms with Gasteiger partial charge in [-0.05, 0) is 68.3 Å². The highest BCUT2D eigenvalue weighted by atomic mass is 32.2. The predicted molar refractivity (Wildman–Crippen MR) is 116 cm³/mol. The Kier molecular flexibility index (Phi) is 6.63. The maximum Gasteiger partial charge on any atom is 0.243 e. The number of carbonyl (C=O) groups is 2. The van der Waals surface area contributed by atoms with Crippen LogP contribution in [0.25, 0.3) is 0 Å². The van der Waals surface area contributed by atoms with Crippen LogP contribution in [-0.2, 0) is 24.7 Å². The quantitative estimate of drug-likeness (QED) is 0.656. The van der Waals surface area contributed by atoms with Crippen LogP contribution < -0.4 is 5.32 Å². The third-order valence-electron chi connectivity index (χ3n) is 5.27. The number of piperidine rings is 1. The van der Waals surface area contributed by atoms with Crippen LogP contribution in [0.4, 0.5) is 5.69 Å². The standard InChI is InChI=1S/C21H24N2O6S2/c1-15(24)16-3-5-18(6-4-16)22-21(25)17-11-13-23(14-12-17)31(28,29)20-9-7-19(8-10-20)30(2,26)27/h3-10,17H,11-14H2,1-2H3,(H,22,25). The summed E-state index contributed by atoms with van der Waals surface area (Å²) in [6, 6.07) is 11.7. The monoisotopic (exact) mass is 464 g/mol. The third-order valence-corrected chi connectivity index (χ3v) is 8.31. The van der Waals surface area contributed by atoms with E-state index in [0.717, 1.165) is 6.26 Å². The van der Waals surface area contributed by atoms with E-state index < -0.39 is 19.9 Å². The Morgan fingerprint density at radius 2 is 1.39 bits per heavy atom. The van der Waals surface area contributed by atoms with Crippen molar-refractivity contribution in [3.05, 3.63) is 54.1 Å². The van der Waals surface area contributed by atoms with E-state index in [1.54, 1.807) is 24.3 Å². The first kappa shape index (κ1) is 23.1. The zero-order valence-corrected chi connectivity index (χ0v) is 18.9. The molecular formula is C21H24N2O6S2. The molecule has 31 heavy (non-hydrogen) atoms. The maximum absolute atomic E-state index is 12.9. The number of nitrogens with zero attached hydrogens (tertiary/aromatic N) is 1. The predicted octanol–water partition coefficient (Wildman–Crippen LogP) is 2.33. The highest BCUT2D eigenvalue weighted by molar-refractivity contribution is 7.90. The van der Waals surface area contributed by atoms with Crippen LogP contribution in [0.15, 0.2) is 58.3 Å². The van der Waals surface area contributed by atoms with Gasteiger partial charge in [0.1, 0.15) is 0 Å². The Morgan fingerprint density at radius 1 is 0.871 bits per heavy atom. The molecule has 1 saturated heterocycles. The fourth-order valence-corrected chi connectivity index (χ4v) is 5.50. The molecule has 0 radical (unpaired) electrons. The van der Waals surface area contributed by atoms with Gasteiger partial charge in [-0.15, -0.1) is 0 Å². The van der Waals surface area contributed by atoms with Crippen molar-refractivity contribution in [3.63, 3.8) is 0 Å². The van der Waals surface area contributed by atoms with Crippen LogP contribution in [0.5, 0.6) is 0 Å². The molecule has 1 N–H and O–H groups in total. The van der Waals surface area contributed by atoms with Gasteiger partial charge in [-0.1, -0.05) is 0 Å². The SMILES string of the molecule is CC(=O)c1ccc(NC(=O)C2CCN(S(=O)(=O)c3ccc(S(C)(=O)=O)cc3)CC2)cc1. The molecule has 1 amide bonds. The van der Waals surface area contributed by atoms with Crippen molar-refractivity contribution in [3.8, 4) is 0 Å². The smallest absolute Gasteiger partial charge is 0.243 e. The number of carbonyl (C=O) groups excluding carboxylic acids is 2. The molecule has 0 aromatic heterocycles. The molecule has 1 aliphatic heterocycles. The van der Waals surface area contributed by atoms with E-state index >= 15 is 0 Å². The number of anilines is 1. The molecule has 10 heteroatoms. The van der Waals surface area contributed by atoms with Gasteiger partial charge in [0.25, 0.3) is 0 Å². The van der Waals surface area contributed by atoms with Crippen molar-refractivity contribution >= 4 is 37.2 Å². The summed E-state index contributed by atoms with van der Waals surface area (Å²) in [7, 11) is -7.18. The van der Waals surface area contributed by atoms with Crippen molar-refractivity contribution in [2.24, 2.45) is 5.92 Å². The topological polar surface area (TPSA) is 118 Å². The first-order valence-electron chi connectivity index (χ1n) is 9.70. The van der Waals surface area contributed by atoms with Crippen molar-refractivity contribution in [1.29, 1.82) is 0 Å². The maximum atomic E-state index is 12.9. The van der Waals surface area contributed by atoms with Gasteiger partial charge in [0, 0.05) is 36.5 Å². The lowest BCUT2D eigenvalue weighted by atomic mass is 9.97. The lowest BCUT2D eigenvalue weighted by molar-refractivity contribution is -0.120. The van der Waals surface area contributed by atoms with E-state index in [2.05, 4.69) is 5.32 Å². The fourth-order valence-electron chi connectivity index (χ4n) is 3.40. The number of sulfonamides is 1. The summed E-state index contributed by atoms with van der Waals surface area (Å²) in [5.74, 6) is -0.575. The van der Waals surface area contributed by atoms with E-state index in [9.17, 15) is 26.4 Å². The third kappa shape index (κ3) is 5.38. The Balaban J connectivity index is 1.61. The van der Waals surface area contributed by atoms with E-state index in [4.69, 9.17) is 0 Å². The highest BCUT2D eigenvalue weighted by Crippen LogP contribution is 2.25. The van der Waals surface area contributed by atoms with Gasteiger partial charge in [-0.3, -0.25) is 9.59 Å². The van der Waals surface area contributed by atoms with Crippen LogP contribution in [0, 0.1) is 5.92 Å². The molecule has 0 atom stereocenters. The minimum atomic E-state index is -3.77. The summed E-state index contributed by atoms with van der Waals surface area (Å²) >= 11 is 0. The van der Waals surface area contributed by atoms with E-state index in [1.165, 1.54) is 35.5 Å². The number of Topliss-reactive ketones (excluding diaryl/α,β-unsaturated/α-hetero) is 1. The minimum Gasteiger partial charge on any atom is -0.326 e. The van der Waals surface area contributed by atoms with Crippen molar-refractivity contribution in [2.45, 2.75) is 29.6 Å². The summed E-state index contributed by atoms with van der Waals surface area (Å²) in [5.41, 5.74) is 1.14. The molecule has 0 bridgehead atoms. The second-order valence-corrected chi connectivity index (χ2v) is 11.5. The van der Waals surface area contributed by atoms with Crippen LogP contribution in [0.1, 0.15) is 30.1 Å². The molecule has 2 aromatic rings. The number of sulfone groups is 1. The van der Waals surface area contributed by atoms with Gasteiger partial charge in [-0.2, -0.15) is 4.31 Å². The summed E-state index contributed by atoms with van der Waals surface area (Å²) in [4.78, 5) is 23.9. The molecule has 3 rings (SSSR count). The Morgan fingerprint density at radius 3 is 1.87 bits per heavy atom. The molecule has 1 heterocycles. The zero-order chi connectivity index (χ0) is 22.8. The Hall–Kier alpha value is -2.56. The van der Waals surface area contributed by atoms with E-state index in [1.807, 2.05) is 0 Å². The first-order valence-corrected chi connectivity index (χ1v) is 13.0. The molecular weight excluding hydrogens is 440 g/mol. The number of hydrogen-bond donors (Lipinski definition) is 1. The number of amides is 1. The van der Waals surface area contributed by atoms with Gasteiger partial charge >= 0.3 is 0 Å². The van der Waals surface area contributed by atoms with Crippen molar-refractivity contribution in [2.75, 3.05) is 24.7 Å². The van der Waals surface area contributed by atoms with E-state index in [0.29, 0.717) is 24.1 Å². The molecule has 1 aliphatic rings. The van der Waals surface area contributed by atoms with Crippen molar-refractivity contribution in [1.82, 2.24) is 4.31 Å². The molecule has 0 saturated carbocycles. The molecule has 2 aromatic carbocycles. The van der Waals surface area contributed by atoms with Gasteiger partial charge in [0.15, 0.2) is 15.6 Å². The zero-order valence-electron chi connectivity index (χ0n) is 17.2. The number of benzene rings is 2. The minimum absolute atomic E-state index is 0.0216. The molecule has 0 spiro atoms. The summed E-state index contributed by atoms with van der Waals surface area (Å²) in [6.07, 6.45) is 1.81. The van der Waals surface area contributed by atoms with E-state index in [-0.39, 0.29) is 40.5 Å². The Labute approximate surface area is 182 Å². The van der Waals surface area contributed by atoms with Crippen LogP contribution >= 0.6 is 0 Å². The highest BCUT2D eigenvalue weighted by Gasteiger charge is 2.32. The number of hydrogen-bond acceptors (Lipinski definition) is 6. The largest absolute Gasteiger partial charge is 0.326 e. The first-order chi connectivity index (χ1) is 14.5. The lowest BCUT2D eigenvalue weighted by Gasteiger charge is -2.30. The fraction of sp³-hybridized carbons (Fsp3) is 0.333. The average molecular weight is 465 g/mol. The van der Waals surface area contributed by atoms with Gasteiger partial charge in [0.05, 0.1) is 9.79 Å². The summed E-state index contributed by atoms with van der Waals surface area (Å²) in [5, 5.41) is 2.81. The number of nitrogens with one attached hydrogen (secondary N) is 1. The number of ketones is 1. The summed E-state index contributed by atoms with van der Waals surface area (Å²) in [6.45, 7) is 1.85. The van der Waals surface area contributed by atoms with Crippen LogP contribution in [-0.4, -0.2) is 52.2 Å². The van der Waals surface area contributed by atoms with Gasteiger partial charge < -0.3 is 5.32 Å². The number of rotatable bonds is 6. The molecule has 0 unspecified atom stereocenters. The molecule has 0 aliphatic carbocycles. The normalized spacial score (nSPS) is 16.1. The second kappa shape index (κ2) is 8.89. The lowest BCUT2D eigenvalue weighted by Crippen LogP contribution is -2.41. The van der Waals surface area contributed by atoms with Crippen LogP contribution in [0.3, 0.4) is 0 Å². The average Bonchev–Trinajstić information content (AvgIpc) is 2.73. The Bertz CT molecular complexity index is 1180. The molecule has 166 valence electrons.